The third kappa shape index (κ3) is 3.39. The minimum absolute atomic E-state index is 0.0443. The maximum absolute atomic E-state index is 12.7. The van der Waals surface area contributed by atoms with Gasteiger partial charge in [-0.15, -0.1) is 0 Å². The maximum Gasteiger partial charge on any atom is 0.223 e. The first kappa shape index (κ1) is 16.8. The molecule has 1 aromatic rings. The summed E-state index contributed by atoms with van der Waals surface area (Å²) in [6, 6.07) is 0.0443. The number of rotatable bonds is 3. The molecule has 2 N–H and O–H groups in total. The molecule has 0 aromatic carbocycles. The second kappa shape index (κ2) is 6.45. The minimum atomic E-state index is -0.215. The van der Waals surface area contributed by atoms with Gasteiger partial charge in [-0.05, 0) is 27.2 Å². The Kier molecular flexibility index (Phi) is 4.51. The van der Waals surface area contributed by atoms with Gasteiger partial charge in [0.2, 0.25) is 5.91 Å². The van der Waals surface area contributed by atoms with E-state index in [0.29, 0.717) is 6.42 Å². The molecule has 1 saturated heterocycles. The van der Waals surface area contributed by atoms with Gasteiger partial charge < -0.3 is 15.5 Å². The van der Waals surface area contributed by atoms with Gasteiger partial charge in [0, 0.05) is 56.3 Å². The van der Waals surface area contributed by atoms with Crippen molar-refractivity contribution in [2.75, 3.05) is 19.6 Å². The van der Waals surface area contributed by atoms with Crippen LogP contribution in [0.2, 0.25) is 0 Å². The Hall–Kier alpha value is -2.05. The van der Waals surface area contributed by atoms with E-state index >= 15 is 0 Å². The SMILES string of the molecule is Cn1cc([C@H]2[C@H](CNC3=NCCCN3)CC(=O)N2C(C)(C)C)cn1. The molecule has 7 nitrogen and oxygen atoms in total. The highest BCUT2D eigenvalue weighted by Crippen LogP contribution is 2.41. The van der Waals surface area contributed by atoms with Gasteiger partial charge in [0.1, 0.15) is 0 Å². The summed E-state index contributed by atoms with van der Waals surface area (Å²) in [4.78, 5) is 19.2. The number of carbonyl (C=O) groups is 1. The Labute approximate surface area is 143 Å². The predicted molar refractivity (Wildman–Crippen MR) is 93.6 cm³/mol. The fraction of sp³-hybridized carbons (Fsp3) is 0.706. The van der Waals surface area contributed by atoms with E-state index in [0.717, 1.165) is 37.6 Å². The highest BCUT2D eigenvalue weighted by Gasteiger charge is 2.45. The van der Waals surface area contributed by atoms with Crippen molar-refractivity contribution in [2.45, 2.75) is 45.2 Å². The molecule has 7 heteroatoms. The van der Waals surface area contributed by atoms with Crippen molar-refractivity contribution in [3.63, 3.8) is 0 Å². The van der Waals surface area contributed by atoms with Gasteiger partial charge >= 0.3 is 0 Å². The van der Waals surface area contributed by atoms with Gasteiger partial charge in [-0.3, -0.25) is 14.5 Å². The molecule has 0 unspecified atom stereocenters. The molecule has 0 saturated carbocycles. The van der Waals surface area contributed by atoms with Crippen LogP contribution in [0.3, 0.4) is 0 Å². The summed E-state index contributed by atoms with van der Waals surface area (Å²) in [6.07, 6.45) is 5.52. The van der Waals surface area contributed by atoms with Gasteiger partial charge in [-0.1, -0.05) is 0 Å². The standard InChI is InChI=1S/C17H28N6O/c1-17(2,3)23-14(24)8-12(9-20-16-18-6-5-7-19-16)15(23)13-10-21-22(4)11-13/h10-12,15H,5-9H2,1-4H3,(H2,18,19,20)/t12-,15+/m0/s1. The van der Waals surface area contributed by atoms with Gasteiger partial charge in [-0.2, -0.15) is 5.10 Å². The Bertz CT molecular complexity index is 629. The van der Waals surface area contributed by atoms with Crippen molar-refractivity contribution in [3.8, 4) is 0 Å². The number of aliphatic imine (C=N–C) groups is 1. The molecule has 1 fully saturated rings. The van der Waals surface area contributed by atoms with E-state index in [-0.39, 0.29) is 23.4 Å². The molecule has 0 radical (unpaired) electrons. The zero-order valence-corrected chi connectivity index (χ0v) is 15.0. The average molecular weight is 332 g/mol. The Balaban J connectivity index is 1.81. The molecule has 0 bridgehead atoms. The summed E-state index contributed by atoms with van der Waals surface area (Å²) in [5.74, 6) is 1.27. The van der Waals surface area contributed by atoms with Crippen molar-refractivity contribution in [2.24, 2.45) is 18.0 Å². The number of hydrogen-bond acceptors (Lipinski definition) is 5. The number of amides is 1. The maximum atomic E-state index is 12.7. The van der Waals surface area contributed by atoms with E-state index in [9.17, 15) is 4.79 Å². The minimum Gasteiger partial charge on any atom is -0.356 e. The van der Waals surface area contributed by atoms with Crippen molar-refractivity contribution in [3.05, 3.63) is 18.0 Å². The Morgan fingerprint density at radius 2 is 2.21 bits per heavy atom. The number of likely N-dealkylation sites (tertiary alicyclic amines) is 1. The highest BCUT2D eigenvalue weighted by molar-refractivity contribution is 5.82. The lowest BCUT2D eigenvalue weighted by Gasteiger charge is -2.38. The summed E-state index contributed by atoms with van der Waals surface area (Å²) in [5.41, 5.74) is 0.885. The lowest BCUT2D eigenvalue weighted by molar-refractivity contribution is -0.133. The average Bonchev–Trinajstić information content (AvgIpc) is 3.08. The van der Waals surface area contributed by atoms with Gasteiger partial charge in [0.05, 0.1) is 12.2 Å². The largest absolute Gasteiger partial charge is 0.356 e. The monoisotopic (exact) mass is 332 g/mol. The van der Waals surface area contributed by atoms with E-state index in [1.165, 1.54) is 0 Å². The van der Waals surface area contributed by atoms with E-state index < -0.39 is 0 Å². The molecule has 1 aromatic heterocycles. The van der Waals surface area contributed by atoms with Gasteiger partial charge in [0.15, 0.2) is 5.96 Å². The first-order valence-electron chi connectivity index (χ1n) is 8.69. The second-order valence-corrected chi connectivity index (χ2v) is 7.68. The van der Waals surface area contributed by atoms with Crippen molar-refractivity contribution >= 4 is 11.9 Å². The topological polar surface area (TPSA) is 74.6 Å². The van der Waals surface area contributed by atoms with Crippen LogP contribution in [-0.4, -0.2) is 51.7 Å². The van der Waals surface area contributed by atoms with E-state index in [2.05, 4.69) is 41.5 Å². The number of carbonyl (C=O) groups excluding carboxylic acids is 1. The van der Waals surface area contributed by atoms with Crippen LogP contribution in [0.4, 0.5) is 0 Å². The number of aryl methyl sites for hydroxylation is 1. The summed E-state index contributed by atoms with van der Waals surface area (Å²) in [5, 5.41) is 11.0. The third-order valence-electron chi connectivity index (χ3n) is 4.65. The molecule has 1 amide bonds. The molecular formula is C17H28N6O. The number of hydrogen-bond donors (Lipinski definition) is 2. The molecule has 0 aliphatic carbocycles. The molecule has 3 rings (SSSR count). The third-order valence-corrected chi connectivity index (χ3v) is 4.65. The lowest BCUT2D eigenvalue weighted by Crippen LogP contribution is -2.46. The second-order valence-electron chi connectivity index (χ2n) is 7.68. The number of guanidine groups is 1. The molecule has 2 aliphatic rings. The van der Waals surface area contributed by atoms with Crippen LogP contribution < -0.4 is 10.6 Å². The van der Waals surface area contributed by atoms with Crippen LogP contribution in [0.25, 0.3) is 0 Å². The quantitative estimate of drug-likeness (QED) is 0.867. The fourth-order valence-corrected chi connectivity index (χ4v) is 3.67. The summed E-state index contributed by atoms with van der Waals surface area (Å²) < 4.78 is 1.80. The molecule has 2 aliphatic heterocycles. The molecular weight excluding hydrogens is 304 g/mol. The van der Waals surface area contributed by atoms with Gasteiger partial charge in [0.25, 0.3) is 0 Å². The van der Waals surface area contributed by atoms with Gasteiger partial charge in [-0.25, -0.2) is 0 Å². The smallest absolute Gasteiger partial charge is 0.223 e. The lowest BCUT2D eigenvalue weighted by atomic mass is 9.93. The first-order chi connectivity index (χ1) is 11.4. The molecule has 132 valence electrons. The highest BCUT2D eigenvalue weighted by atomic mass is 16.2. The van der Waals surface area contributed by atoms with Crippen LogP contribution in [0.5, 0.6) is 0 Å². The van der Waals surface area contributed by atoms with Crippen molar-refractivity contribution in [1.29, 1.82) is 0 Å². The summed E-state index contributed by atoms with van der Waals surface area (Å²) >= 11 is 0. The van der Waals surface area contributed by atoms with E-state index in [1.54, 1.807) is 4.68 Å². The van der Waals surface area contributed by atoms with E-state index in [1.807, 2.05) is 24.3 Å². The molecule has 24 heavy (non-hydrogen) atoms. The molecule has 0 spiro atoms. The number of nitrogens with one attached hydrogen (secondary N) is 2. The molecule has 2 atom stereocenters. The van der Waals surface area contributed by atoms with Crippen LogP contribution in [0.1, 0.15) is 45.2 Å². The Morgan fingerprint density at radius 3 is 2.79 bits per heavy atom. The molecule has 3 heterocycles. The van der Waals surface area contributed by atoms with Crippen LogP contribution in [0.15, 0.2) is 17.4 Å². The number of aromatic nitrogens is 2. The van der Waals surface area contributed by atoms with Crippen LogP contribution in [-0.2, 0) is 11.8 Å². The summed E-state index contributed by atoms with van der Waals surface area (Å²) in [6.45, 7) is 8.82. The normalized spacial score (nSPS) is 24.8. The Morgan fingerprint density at radius 1 is 1.42 bits per heavy atom. The predicted octanol–water partition coefficient (Wildman–Crippen LogP) is 1.05. The van der Waals surface area contributed by atoms with Crippen molar-refractivity contribution < 1.29 is 4.79 Å². The first-order valence-corrected chi connectivity index (χ1v) is 8.69. The summed E-state index contributed by atoms with van der Waals surface area (Å²) in [7, 11) is 1.91. The van der Waals surface area contributed by atoms with Crippen LogP contribution in [0, 0.1) is 5.92 Å². The number of nitrogens with zero attached hydrogens (tertiary/aromatic N) is 4. The fourth-order valence-electron chi connectivity index (χ4n) is 3.67. The van der Waals surface area contributed by atoms with Crippen molar-refractivity contribution in [1.82, 2.24) is 25.3 Å². The zero-order chi connectivity index (χ0) is 17.3. The zero-order valence-electron chi connectivity index (χ0n) is 15.0. The van der Waals surface area contributed by atoms with Crippen LogP contribution >= 0.6 is 0 Å². The van der Waals surface area contributed by atoms with E-state index in [4.69, 9.17) is 0 Å².